The Bertz CT molecular complexity index is 985. The van der Waals surface area contributed by atoms with Crippen molar-refractivity contribution in [2.45, 2.75) is 6.92 Å². The molecule has 4 rings (SSSR count). The Balaban J connectivity index is 1.47. The van der Waals surface area contributed by atoms with Crippen molar-refractivity contribution in [3.63, 3.8) is 0 Å². The number of oxazole rings is 1. The molecule has 0 radical (unpaired) electrons. The van der Waals surface area contributed by atoms with Crippen molar-refractivity contribution in [3.05, 3.63) is 78.4 Å². The molecule has 5 heteroatoms. The number of aryl methyl sites for hydroxylation is 1. The number of nitrogens with one attached hydrogen (secondary N) is 1. The first-order valence-corrected chi connectivity index (χ1v) is 7.97. The average Bonchev–Trinajstić information content (AvgIpc) is 3.08. The van der Waals surface area contributed by atoms with Crippen LogP contribution in [0.1, 0.15) is 5.56 Å². The first kappa shape index (κ1) is 15.1. The lowest BCUT2D eigenvalue weighted by atomic mass is 10.2. The van der Waals surface area contributed by atoms with Crippen LogP contribution in [-0.4, -0.2) is 4.98 Å². The van der Waals surface area contributed by atoms with Gasteiger partial charge in [-0.2, -0.15) is 0 Å². The normalized spacial score (nSPS) is 11.2. The SMILES string of the molecule is Cc1ccc(N=NNc2ccc(-c3nc4ccccc4o3)cc2)cc1. The summed E-state index contributed by atoms with van der Waals surface area (Å²) in [6.45, 7) is 2.04. The van der Waals surface area contributed by atoms with Gasteiger partial charge in [0.05, 0.1) is 11.4 Å². The lowest BCUT2D eigenvalue weighted by Gasteiger charge is -2.00. The minimum absolute atomic E-state index is 0.606. The van der Waals surface area contributed by atoms with Crippen LogP contribution < -0.4 is 5.43 Å². The first-order valence-electron chi connectivity index (χ1n) is 7.97. The second kappa shape index (κ2) is 6.57. The zero-order valence-corrected chi connectivity index (χ0v) is 13.7. The van der Waals surface area contributed by atoms with Gasteiger partial charge in [-0.15, -0.1) is 5.11 Å². The summed E-state index contributed by atoms with van der Waals surface area (Å²) >= 11 is 0. The van der Waals surface area contributed by atoms with E-state index in [1.165, 1.54) is 5.56 Å². The fraction of sp³-hybridized carbons (Fsp3) is 0.0500. The number of hydrogen-bond acceptors (Lipinski definition) is 4. The van der Waals surface area contributed by atoms with Gasteiger partial charge in [-0.3, -0.25) is 5.43 Å². The van der Waals surface area contributed by atoms with E-state index in [0.717, 1.165) is 28.0 Å². The Hall–Kier alpha value is -3.47. The third-order valence-corrected chi connectivity index (χ3v) is 3.80. The number of aromatic nitrogens is 1. The molecule has 0 amide bonds. The van der Waals surface area contributed by atoms with Crippen LogP contribution in [0.15, 0.2) is 87.6 Å². The van der Waals surface area contributed by atoms with Crippen molar-refractivity contribution in [3.8, 4) is 11.5 Å². The molecule has 3 aromatic carbocycles. The van der Waals surface area contributed by atoms with Crippen LogP contribution in [0.25, 0.3) is 22.6 Å². The molecule has 0 aliphatic rings. The summed E-state index contributed by atoms with van der Waals surface area (Å²) in [5, 5.41) is 8.15. The average molecular weight is 328 g/mol. The van der Waals surface area contributed by atoms with Crippen molar-refractivity contribution in [2.24, 2.45) is 10.3 Å². The Kier molecular flexibility index (Phi) is 3.96. The topological polar surface area (TPSA) is 62.8 Å². The van der Waals surface area contributed by atoms with E-state index in [4.69, 9.17) is 4.42 Å². The summed E-state index contributed by atoms with van der Waals surface area (Å²) in [6.07, 6.45) is 0. The van der Waals surface area contributed by atoms with Crippen molar-refractivity contribution in [1.82, 2.24) is 4.98 Å². The molecule has 25 heavy (non-hydrogen) atoms. The van der Waals surface area contributed by atoms with Gasteiger partial charge in [-0.05, 0) is 55.5 Å². The van der Waals surface area contributed by atoms with Crippen LogP contribution in [0.3, 0.4) is 0 Å². The van der Waals surface area contributed by atoms with E-state index in [0.29, 0.717) is 5.89 Å². The highest BCUT2D eigenvalue weighted by Crippen LogP contribution is 2.25. The highest BCUT2D eigenvalue weighted by atomic mass is 16.3. The van der Waals surface area contributed by atoms with Crippen LogP contribution in [-0.2, 0) is 0 Å². The minimum atomic E-state index is 0.606. The largest absolute Gasteiger partial charge is 0.436 e. The molecule has 0 saturated carbocycles. The molecule has 122 valence electrons. The number of hydrogen-bond donors (Lipinski definition) is 1. The zero-order valence-electron chi connectivity index (χ0n) is 13.7. The molecule has 0 aliphatic carbocycles. The molecule has 0 atom stereocenters. The molecule has 0 fully saturated rings. The number of anilines is 1. The summed E-state index contributed by atoms with van der Waals surface area (Å²) in [5.74, 6) is 0.606. The van der Waals surface area contributed by atoms with Crippen molar-refractivity contribution in [1.29, 1.82) is 0 Å². The highest BCUT2D eigenvalue weighted by Gasteiger charge is 2.07. The molecule has 4 aromatic rings. The summed E-state index contributed by atoms with van der Waals surface area (Å²) in [6, 6.07) is 23.3. The minimum Gasteiger partial charge on any atom is -0.436 e. The van der Waals surface area contributed by atoms with Gasteiger partial charge in [0.25, 0.3) is 0 Å². The van der Waals surface area contributed by atoms with Crippen molar-refractivity contribution < 1.29 is 4.42 Å². The van der Waals surface area contributed by atoms with Crippen LogP contribution in [0, 0.1) is 6.92 Å². The summed E-state index contributed by atoms with van der Waals surface area (Å²) in [5.41, 5.74) is 8.32. The Morgan fingerprint density at radius 1 is 0.880 bits per heavy atom. The summed E-state index contributed by atoms with van der Waals surface area (Å²) in [4.78, 5) is 4.49. The molecule has 5 nitrogen and oxygen atoms in total. The second-order valence-corrected chi connectivity index (χ2v) is 5.71. The molecule has 0 bridgehead atoms. The Morgan fingerprint density at radius 3 is 2.40 bits per heavy atom. The van der Waals surface area contributed by atoms with Crippen LogP contribution in [0.5, 0.6) is 0 Å². The standard InChI is InChI=1S/C20H16N4O/c1-14-6-10-16(11-7-14)22-24-23-17-12-8-15(9-13-17)20-21-18-4-2-3-5-19(18)25-20/h2-13H,1H3,(H,22,23). The van der Waals surface area contributed by atoms with Crippen LogP contribution in [0.2, 0.25) is 0 Å². The number of fused-ring (bicyclic) bond motifs is 1. The number of rotatable bonds is 4. The Morgan fingerprint density at radius 2 is 1.64 bits per heavy atom. The molecule has 1 aromatic heterocycles. The lowest BCUT2D eigenvalue weighted by molar-refractivity contribution is 0.620. The van der Waals surface area contributed by atoms with E-state index in [2.05, 4.69) is 20.7 Å². The molecule has 0 saturated heterocycles. The number of benzene rings is 3. The van der Waals surface area contributed by atoms with E-state index in [-0.39, 0.29) is 0 Å². The lowest BCUT2D eigenvalue weighted by Crippen LogP contribution is -1.86. The third kappa shape index (κ3) is 3.40. The van der Waals surface area contributed by atoms with Crippen molar-refractivity contribution >= 4 is 22.5 Å². The number of para-hydroxylation sites is 2. The van der Waals surface area contributed by atoms with E-state index in [1.807, 2.05) is 79.7 Å². The zero-order chi connectivity index (χ0) is 17.1. The smallest absolute Gasteiger partial charge is 0.227 e. The fourth-order valence-corrected chi connectivity index (χ4v) is 2.43. The van der Waals surface area contributed by atoms with E-state index in [1.54, 1.807) is 0 Å². The third-order valence-electron chi connectivity index (χ3n) is 3.80. The molecule has 1 heterocycles. The quantitative estimate of drug-likeness (QED) is 0.374. The molecule has 0 unspecified atom stereocenters. The monoisotopic (exact) mass is 328 g/mol. The predicted octanol–water partition coefficient (Wildman–Crippen LogP) is 5.91. The molecular weight excluding hydrogens is 312 g/mol. The maximum Gasteiger partial charge on any atom is 0.227 e. The summed E-state index contributed by atoms with van der Waals surface area (Å²) in [7, 11) is 0. The summed E-state index contributed by atoms with van der Waals surface area (Å²) < 4.78 is 5.77. The van der Waals surface area contributed by atoms with Gasteiger partial charge in [-0.1, -0.05) is 35.1 Å². The van der Waals surface area contributed by atoms with E-state index >= 15 is 0 Å². The molecular formula is C20H16N4O. The predicted molar refractivity (Wildman–Crippen MR) is 98.8 cm³/mol. The number of nitrogens with zero attached hydrogens (tertiary/aromatic N) is 3. The van der Waals surface area contributed by atoms with Gasteiger partial charge < -0.3 is 4.42 Å². The van der Waals surface area contributed by atoms with Gasteiger partial charge in [0, 0.05) is 5.56 Å². The van der Waals surface area contributed by atoms with Crippen LogP contribution in [0.4, 0.5) is 11.4 Å². The van der Waals surface area contributed by atoms with Gasteiger partial charge in [-0.25, -0.2) is 4.98 Å². The van der Waals surface area contributed by atoms with Gasteiger partial charge >= 0.3 is 0 Å². The Labute approximate surface area is 145 Å². The van der Waals surface area contributed by atoms with Gasteiger partial charge in [0.2, 0.25) is 5.89 Å². The van der Waals surface area contributed by atoms with E-state index < -0.39 is 0 Å². The molecule has 0 aliphatic heterocycles. The van der Waals surface area contributed by atoms with Gasteiger partial charge in [0.15, 0.2) is 5.58 Å². The molecule has 1 N–H and O–H groups in total. The first-order chi connectivity index (χ1) is 12.3. The van der Waals surface area contributed by atoms with Crippen LogP contribution >= 0.6 is 0 Å². The maximum atomic E-state index is 5.77. The second-order valence-electron chi connectivity index (χ2n) is 5.71. The van der Waals surface area contributed by atoms with E-state index in [9.17, 15) is 0 Å². The fourth-order valence-electron chi connectivity index (χ4n) is 2.43. The maximum absolute atomic E-state index is 5.77. The van der Waals surface area contributed by atoms with Gasteiger partial charge in [0.1, 0.15) is 5.52 Å². The van der Waals surface area contributed by atoms with Crippen molar-refractivity contribution in [2.75, 3.05) is 5.43 Å². The molecule has 0 spiro atoms. The highest BCUT2D eigenvalue weighted by molar-refractivity contribution is 5.76.